The molecule has 3 aromatic carbocycles. The molecule has 2 unspecified atom stereocenters. The minimum Gasteiger partial charge on any atom is -0.453 e. The lowest BCUT2D eigenvalue weighted by Gasteiger charge is -2.32. The van der Waals surface area contributed by atoms with E-state index < -0.39 is 29.9 Å². The van der Waals surface area contributed by atoms with Gasteiger partial charge in [-0.1, -0.05) is 92.7 Å². The average Bonchev–Trinajstić information content (AvgIpc) is 4.11. The van der Waals surface area contributed by atoms with Gasteiger partial charge >= 0.3 is 12.2 Å². The first kappa shape index (κ1) is 45.5. The lowest BCUT2D eigenvalue weighted by atomic mass is 10.0. The summed E-state index contributed by atoms with van der Waals surface area (Å²) in [7, 11) is 2.95. The number of nitrogens with zero attached hydrogens (tertiary/aromatic N) is 4. The topological polar surface area (TPSA) is 184 Å². The second-order valence-corrected chi connectivity index (χ2v) is 18.1. The van der Waals surface area contributed by atoms with Crippen LogP contribution < -0.4 is 10.6 Å². The van der Waals surface area contributed by atoms with Gasteiger partial charge in [-0.05, 0) is 80.7 Å². The number of aromatic nitrogens is 4. The summed E-state index contributed by atoms with van der Waals surface area (Å²) < 4.78 is 15.9. The quantitative estimate of drug-likeness (QED) is 0.0903. The second-order valence-electron chi connectivity index (χ2n) is 18.1. The predicted molar refractivity (Wildman–Crippen MR) is 242 cm³/mol. The number of H-pyrrole nitrogens is 2. The number of methoxy groups -OCH3 is 2. The van der Waals surface area contributed by atoms with Crippen molar-refractivity contribution in [3.8, 4) is 33.6 Å². The number of alkyl carbamates (subject to hydrolysis) is 2. The first-order valence-electron chi connectivity index (χ1n) is 22.0. The molecule has 0 radical (unpaired) electrons. The number of likely N-dealkylation sites (tertiary alicyclic amines) is 2. The van der Waals surface area contributed by atoms with Crippen LogP contribution in [0.3, 0.4) is 0 Å². The standard InChI is InChI=1S/C49H60N8O7/c1-29(2)41(54-47(60)63-8)46(59)57-30(3)14-23-39(57)43-50-25-37(52-43)34-19-15-32(16-20-34)33-17-21-35(22-18-33)38-26-51-44(53-38)40-24-31(28-62-7)27-56(40)45(58)42(36-12-10-9-11-13-36)55-48(61)64-49(4,5)6/h9-13,15-22,25-26,29-31,39-42H,14,23-24,27-28H2,1-8H3,(H,50,52)(H,51,53)(H,54,60)(H,55,61)/t30-,31-,39-,40-,41?,42?/m0/s1. The molecule has 0 bridgehead atoms. The van der Waals surface area contributed by atoms with Gasteiger partial charge in [0.1, 0.15) is 29.3 Å². The number of aromatic amines is 2. The maximum atomic E-state index is 14.4. The van der Waals surface area contributed by atoms with Crippen LogP contribution >= 0.6 is 0 Å². The van der Waals surface area contributed by atoms with E-state index in [4.69, 9.17) is 24.2 Å². The normalized spacial score (nSPS) is 19.6. The monoisotopic (exact) mass is 872 g/mol. The molecule has 4 N–H and O–H groups in total. The summed E-state index contributed by atoms with van der Waals surface area (Å²) in [5.41, 5.74) is 5.56. The van der Waals surface area contributed by atoms with E-state index in [1.165, 1.54) is 7.11 Å². The van der Waals surface area contributed by atoms with E-state index in [2.05, 4.69) is 44.9 Å². The highest BCUT2D eigenvalue weighted by atomic mass is 16.6. The minimum atomic E-state index is -0.959. The molecule has 4 amide bonds. The molecule has 2 aliphatic rings. The van der Waals surface area contributed by atoms with Crippen LogP contribution in [0.5, 0.6) is 0 Å². The van der Waals surface area contributed by atoms with Crippen LogP contribution in [-0.4, -0.2) is 98.8 Å². The Morgan fingerprint density at radius 1 is 0.750 bits per heavy atom. The second kappa shape index (κ2) is 19.5. The molecule has 2 aromatic heterocycles. The van der Waals surface area contributed by atoms with Gasteiger partial charge in [-0.3, -0.25) is 9.59 Å². The molecule has 6 atom stereocenters. The lowest BCUT2D eigenvalue weighted by molar-refractivity contribution is -0.137. The number of nitrogens with one attached hydrogen (secondary N) is 4. The number of carbonyl (C=O) groups is 4. The Morgan fingerprint density at radius 3 is 1.84 bits per heavy atom. The van der Waals surface area contributed by atoms with E-state index in [1.807, 2.05) is 80.3 Å². The fourth-order valence-corrected chi connectivity index (χ4v) is 8.78. The number of imidazole rings is 2. The van der Waals surface area contributed by atoms with Gasteiger partial charge in [0.15, 0.2) is 0 Å². The lowest BCUT2D eigenvalue weighted by Crippen LogP contribution is -2.52. The highest BCUT2D eigenvalue weighted by molar-refractivity contribution is 5.88. The Labute approximate surface area is 374 Å². The van der Waals surface area contributed by atoms with Crippen molar-refractivity contribution in [3.63, 3.8) is 0 Å². The van der Waals surface area contributed by atoms with E-state index in [0.717, 1.165) is 46.5 Å². The van der Waals surface area contributed by atoms with Crippen molar-refractivity contribution >= 4 is 24.0 Å². The third-order valence-corrected chi connectivity index (χ3v) is 12.0. The van der Waals surface area contributed by atoms with E-state index in [9.17, 15) is 19.2 Å². The van der Waals surface area contributed by atoms with E-state index in [-0.39, 0.29) is 41.8 Å². The zero-order valence-electron chi connectivity index (χ0n) is 37.9. The average molecular weight is 873 g/mol. The van der Waals surface area contributed by atoms with Crippen LogP contribution in [0.15, 0.2) is 91.3 Å². The Morgan fingerprint density at radius 2 is 1.31 bits per heavy atom. The fourth-order valence-electron chi connectivity index (χ4n) is 8.78. The van der Waals surface area contributed by atoms with Crippen LogP contribution in [0, 0.1) is 11.8 Å². The highest BCUT2D eigenvalue weighted by Gasteiger charge is 2.43. The van der Waals surface area contributed by atoms with Crippen LogP contribution in [0.25, 0.3) is 33.6 Å². The summed E-state index contributed by atoms with van der Waals surface area (Å²) in [6.45, 7) is 12.1. The smallest absolute Gasteiger partial charge is 0.408 e. The minimum absolute atomic E-state index is 0.00975. The molecule has 2 saturated heterocycles. The summed E-state index contributed by atoms with van der Waals surface area (Å²) in [5, 5.41) is 5.55. The molecule has 0 aliphatic carbocycles. The molecular weight excluding hydrogens is 813 g/mol. The van der Waals surface area contributed by atoms with Gasteiger partial charge in [0.2, 0.25) is 5.91 Å². The predicted octanol–water partition coefficient (Wildman–Crippen LogP) is 8.37. The van der Waals surface area contributed by atoms with Gasteiger partial charge in [0.05, 0.1) is 49.6 Å². The largest absolute Gasteiger partial charge is 0.453 e. The van der Waals surface area contributed by atoms with Crippen molar-refractivity contribution in [2.75, 3.05) is 27.4 Å². The van der Waals surface area contributed by atoms with Crippen molar-refractivity contribution in [3.05, 3.63) is 108 Å². The van der Waals surface area contributed by atoms with E-state index in [1.54, 1.807) is 45.2 Å². The van der Waals surface area contributed by atoms with Gasteiger partial charge in [-0.15, -0.1) is 0 Å². The number of rotatable bonds is 13. The summed E-state index contributed by atoms with van der Waals surface area (Å²) in [6, 6.07) is 23.4. The molecule has 2 aliphatic heterocycles. The van der Waals surface area contributed by atoms with E-state index in [0.29, 0.717) is 36.8 Å². The third-order valence-electron chi connectivity index (χ3n) is 12.0. The number of ether oxygens (including phenoxy) is 3. The number of hydrogen-bond acceptors (Lipinski definition) is 9. The Hall–Kier alpha value is -6.48. The maximum absolute atomic E-state index is 14.4. The van der Waals surface area contributed by atoms with E-state index >= 15 is 0 Å². The molecule has 7 rings (SSSR count). The van der Waals surface area contributed by atoms with Gasteiger partial charge in [-0.25, -0.2) is 19.6 Å². The highest BCUT2D eigenvalue weighted by Crippen LogP contribution is 2.39. The SMILES string of the molecule is COC[C@H]1C[C@@H](c2ncc(-c3ccc(-c4ccc(-c5cnc([C@@H]6CC[C@H](C)N6C(=O)C(NC(=O)OC)C(C)C)[nH]5)cc4)cc3)[nH]2)N(C(=O)C(NC(=O)OC(C)(C)C)c2ccccc2)C1. The number of hydrogen-bond donors (Lipinski definition) is 4. The van der Waals surface area contributed by atoms with Crippen molar-refractivity contribution in [1.82, 2.24) is 40.4 Å². The molecule has 5 aromatic rings. The fraction of sp³-hybridized carbons (Fsp3) is 0.429. The Kier molecular flexibility index (Phi) is 13.9. The van der Waals surface area contributed by atoms with Gasteiger partial charge in [0, 0.05) is 25.6 Å². The molecule has 4 heterocycles. The molecule has 15 heteroatoms. The summed E-state index contributed by atoms with van der Waals surface area (Å²) >= 11 is 0. The Balaban J connectivity index is 1.04. The zero-order chi connectivity index (χ0) is 45.7. The van der Waals surface area contributed by atoms with Crippen molar-refractivity contribution in [2.45, 2.75) is 96.6 Å². The molecule has 64 heavy (non-hydrogen) atoms. The van der Waals surface area contributed by atoms with Crippen molar-refractivity contribution in [1.29, 1.82) is 0 Å². The van der Waals surface area contributed by atoms with Crippen molar-refractivity contribution < 1.29 is 33.4 Å². The van der Waals surface area contributed by atoms with Gasteiger partial charge in [0.25, 0.3) is 5.91 Å². The van der Waals surface area contributed by atoms with Gasteiger partial charge in [-0.2, -0.15) is 0 Å². The zero-order valence-corrected chi connectivity index (χ0v) is 37.9. The maximum Gasteiger partial charge on any atom is 0.408 e. The molecule has 15 nitrogen and oxygen atoms in total. The number of amides is 4. The summed E-state index contributed by atoms with van der Waals surface area (Å²) in [6.07, 6.45) is 4.52. The first-order chi connectivity index (χ1) is 30.6. The van der Waals surface area contributed by atoms with Crippen LogP contribution in [0.1, 0.15) is 96.1 Å². The summed E-state index contributed by atoms with van der Waals surface area (Å²) in [4.78, 5) is 73.4. The molecule has 0 spiro atoms. The van der Waals surface area contributed by atoms with Crippen LogP contribution in [0.2, 0.25) is 0 Å². The molecule has 2 fully saturated rings. The van der Waals surface area contributed by atoms with Crippen LogP contribution in [0.4, 0.5) is 9.59 Å². The molecule has 0 saturated carbocycles. The van der Waals surface area contributed by atoms with Crippen molar-refractivity contribution in [2.24, 2.45) is 11.8 Å². The third kappa shape index (κ3) is 10.3. The molecule has 338 valence electrons. The molecular formula is C49H60N8O7. The first-order valence-corrected chi connectivity index (χ1v) is 22.0. The Bertz CT molecular complexity index is 2390. The summed E-state index contributed by atoms with van der Waals surface area (Å²) in [5.74, 6) is 0.913. The van der Waals surface area contributed by atoms with Crippen LogP contribution in [-0.2, 0) is 23.8 Å². The number of carbonyl (C=O) groups excluding carboxylic acids is 4. The number of benzene rings is 3. The van der Waals surface area contributed by atoms with Gasteiger partial charge < -0.3 is 44.6 Å².